The molecular weight excluding hydrogens is 344 g/mol. The fourth-order valence-corrected chi connectivity index (χ4v) is 3.95. The first-order chi connectivity index (χ1) is 12.6. The number of Topliss-reactive ketones (excluding diaryl/α,β-unsaturated/α-hetero) is 1. The van der Waals surface area contributed by atoms with E-state index in [-0.39, 0.29) is 5.78 Å². The van der Waals surface area contributed by atoms with E-state index in [1.165, 1.54) is 11.8 Å². The average molecular weight is 362 g/mol. The summed E-state index contributed by atoms with van der Waals surface area (Å²) in [6, 6.07) is 15.9. The van der Waals surface area contributed by atoms with Crippen molar-refractivity contribution in [1.29, 1.82) is 0 Å². The predicted octanol–water partition coefficient (Wildman–Crippen LogP) is 4.34. The molecule has 4 aromatic rings. The van der Waals surface area contributed by atoms with Crippen LogP contribution < -0.4 is 0 Å². The molecule has 0 aliphatic heterocycles. The largest absolute Gasteiger partial charge is 0.358 e. The molecule has 0 saturated heterocycles. The molecule has 1 N–H and O–H groups in total. The van der Waals surface area contributed by atoms with Crippen LogP contribution in [0.4, 0.5) is 0 Å². The summed E-state index contributed by atoms with van der Waals surface area (Å²) in [6.07, 6.45) is 1.69. The molecule has 5 nitrogen and oxygen atoms in total. The first-order valence-electron chi connectivity index (χ1n) is 8.34. The van der Waals surface area contributed by atoms with Gasteiger partial charge < -0.3 is 4.98 Å². The molecule has 0 fully saturated rings. The second-order valence-corrected chi connectivity index (χ2v) is 7.09. The number of para-hydroxylation sites is 2. The van der Waals surface area contributed by atoms with E-state index in [0.717, 1.165) is 33.4 Å². The van der Waals surface area contributed by atoms with Crippen molar-refractivity contribution in [3.8, 4) is 5.69 Å². The Morgan fingerprint density at radius 3 is 2.73 bits per heavy atom. The zero-order valence-corrected chi connectivity index (χ0v) is 15.4. The number of hydrogen-bond donors (Lipinski definition) is 1. The maximum absolute atomic E-state index is 12.9. The number of benzene rings is 2. The highest BCUT2D eigenvalue weighted by Gasteiger charge is 2.17. The number of carbonyl (C=O) groups is 1. The van der Waals surface area contributed by atoms with Gasteiger partial charge in [0.15, 0.2) is 10.9 Å². The summed E-state index contributed by atoms with van der Waals surface area (Å²) in [5.74, 6) is 0.400. The lowest BCUT2D eigenvalue weighted by atomic mass is 10.1. The molecule has 130 valence electrons. The van der Waals surface area contributed by atoms with E-state index in [1.54, 1.807) is 6.33 Å². The minimum Gasteiger partial charge on any atom is -0.358 e. The van der Waals surface area contributed by atoms with Crippen molar-refractivity contribution in [2.24, 2.45) is 0 Å². The van der Waals surface area contributed by atoms with Crippen molar-refractivity contribution in [2.75, 3.05) is 5.75 Å². The first kappa shape index (κ1) is 16.6. The Morgan fingerprint density at radius 1 is 1.12 bits per heavy atom. The van der Waals surface area contributed by atoms with Gasteiger partial charge in [-0.15, -0.1) is 10.2 Å². The minimum atomic E-state index is 0.0873. The number of hydrogen-bond acceptors (Lipinski definition) is 4. The van der Waals surface area contributed by atoms with Crippen LogP contribution in [0, 0.1) is 13.8 Å². The Labute approximate surface area is 155 Å². The van der Waals surface area contributed by atoms with E-state index >= 15 is 0 Å². The van der Waals surface area contributed by atoms with Crippen LogP contribution in [0.15, 0.2) is 60.0 Å². The molecule has 0 radical (unpaired) electrons. The number of aryl methyl sites for hydroxylation is 2. The molecule has 6 heteroatoms. The summed E-state index contributed by atoms with van der Waals surface area (Å²) in [5.41, 5.74) is 4.80. The fourth-order valence-electron chi connectivity index (χ4n) is 3.16. The van der Waals surface area contributed by atoms with Crippen LogP contribution in [-0.2, 0) is 0 Å². The lowest BCUT2D eigenvalue weighted by molar-refractivity contribution is 0.102. The smallest absolute Gasteiger partial charge is 0.196 e. The average Bonchev–Trinajstić information content (AvgIpc) is 3.23. The van der Waals surface area contributed by atoms with E-state index < -0.39 is 0 Å². The Kier molecular flexibility index (Phi) is 4.34. The Hall–Kier alpha value is -2.86. The Morgan fingerprint density at radius 2 is 1.88 bits per heavy atom. The van der Waals surface area contributed by atoms with Gasteiger partial charge in [0.2, 0.25) is 0 Å². The van der Waals surface area contributed by atoms with Gasteiger partial charge >= 0.3 is 0 Å². The zero-order chi connectivity index (χ0) is 18.1. The maximum Gasteiger partial charge on any atom is 0.196 e. The van der Waals surface area contributed by atoms with Crippen molar-refractivity contribution in [3.05, 3.63) is 71.7 Å². The molecular formula is C20H18N4OS. The lowest BCUT2D eigenvalue weighted by Crippen LogP contribution is -2.05. The highest BCUT2D eigenvalue weighted by Crippen LogP contribution is 2.26. The summed E-state index contributed by atoms with van der Waals surface area (Å²) >= 11 is 1.41. The molecule has 4 rings (SSSR count). The molecule has 0 atom stereocenters. The molecule has 2 aromatic carbocycles. The van der Waals surface area contributed by atoms with Crippen molar-refractivity contribution in [2.45, 2.75) is 19.0 Å². The number of fused-ring (bicyclic) bond motifs is 1. The summed E-state index contributed by atoms with van der Waals surface area (Å²) in [6.45, 7) is 3.98. The van der Waals surface area contributed by atoms with E-state index in [9.17, 15) is 4.79 Å². The monoisotopic (exact) mass is 362 g/mol. The number of nitrogens with one attached hydrogen (secondary N) is 1. The van der Waals surface area contributed by atoms with Gasteiger partial charge in [0.1, 0.15) is 6.33 Å². The minimum absolute atomic E-state index is 0.0873. The summed E-state index contributed by atoms with van der Waals surface area (Å²) < 4.78 is 1.93. The SMILES string of the molecule is Cc1ccccc1-n1cnnc1SCC(=O)c1c(C)[nH]c2ccccc12. The fraction of sp³-hybridized carbons (Fsp3) is 0.150. The molecule has 0 amide bonds. The first-order valence-corrected chi connectivity index (χ1v) is 9.33. The van der Waals surface area contributed by atoms with Gasteiger partial charge in [-0.05, 0) is 31.5 Å². The van der Waals surface area contributed by atoms with Gasteiger partial charge in [0, 0.05) is 22.2 Å². The normalized spacial score (nSPS) is 11.2. The summed E-state index contributed by atoms with van der Waals surface area (Å²) in [4.78, 5) is 16.1. The molecule has 2 aromatic heterocycles. The lowest BCUT2D eigenvalue weighted by Gasteiger charge is -2.08. The molecule has 0 saturated carbocycles. The van der Waals surface area contributed by atoms with E-state index in [2.05, 4.69) is 15.2 Å². The molecule has 2 heterocycles. The summed E-state index contributed by atoms with van der Waals surface area (Å²) in [5, 5.41) is 9.89. The number of rotatable bonds is 5. The molecule has 26 heavy (non-hydrogen) atoms. The molecule has 0 spiro atoms. The van der Waals surface area contributed by atoms with Crippen LogP contribution in [0.5, 0.6) is 0 Å². The van der Waals surface area contributed by atoms with Gasteiger partial charge in [-0.3, -0.25) is 9.36 Å². The van der Waals surface area contributed by atoms with Crippen LogP contribution in [0.1, 0.15) is 21.6 Å². The van der Waals surface area contributed by atoms with Gasteiger partial charge in [0.05, 0.1) is 11.4 Å². The number of carbonyl (C=O) groups excluding carboxylic acids is 1. The number of ketones is 1. The third kappa shape index (κ3) is 2.93. The second kappa shape index (κ2) is 6.80. The van der Waals surface area contributed by atoms with Gasteiger partial charge in [-0.2, -0.15) is 0 Å². The zero-order valence-electron chi connectivity index (χ0n) is 14.6. The topological polar surface area (TPSA) is 63.6 Å². The van der Waals surface area contributed by atoms with Gasteiger partial charge in [-0.25, -0.2) is 0 Å². The molecule has 0 aliphatic rings. The molecule has 0 aliphatic carbocycles. The van der Waals surface area contributed by atoms with Crippen LogP contribution >= 0.6 is 11.8 Å². The van der Waals surface area contributed by atoms with Crippen molar-refractivity contribution < 1.29 is 4.79 Å². The number of H-pyrrole nitrogens is 1. The number of aromatic nitrogens is 4. The van der Waals surface area contributed by atoms with Crippen molar-refractivity contribution in [1.82, 2.24) is 19.7 Å². The third-order valence-corrected chi connectivity index (χ3v) is 5.34. The van der Waals surface area contributed by atoms with Crippen LogP contribution in [0.3, 0.4) is 0 Å². The Balaban J connectivity index is 1.59. The van der Waals surface area contributed by atoms with Crippen molar-refractivity contribution >= 4 is 28.4 Å². The third-order valence-electron chi connectivity index (χ3n) is 4.40. The second-order valence-electron chi connectivity index (χ2n) is 6.15. The quantitative estimate of drug-likeness (QED) is 0.424. The van der Waals surface area contributed by atoms with Crippen LogP contribution in [0.25, 0.3) is 16.6 Å². The standard InChI is InChI=1S/C20H18N4OS/c1-13-7-3-6-10-17(13)24-12-21-23-20(24)26-11-18(25)19-14(2)22-16-9-5-4-8-15(16)19/h3-10,12,22H,11H2,1-2H3. The van der Waals surface area contributed by atoms with E-state index in [4.69, 9.17) is 0 Å². The summed E-state index contributed by atoms with van der Waals surface area (Å²) in [7, 11) is 0. The number of thioether (sulfide) groups is 1. The van der Waals surface area contributed by atoms with Crippen LogP contribution in [-0.4, -0.2) is 31.3 Å². The highest BCUT2D eigenvalue weighted by molar-refractivity contribution is 7.99. The van der Waals surface area contributed by atoms with E-state index in [1.807, 2.05) is 66.9 Å². The van der Waals surface area contributed by atoms with Crippen molar-refractivity contribution in [3.63, 3.8) is 0 Å². The predicted molar refractivity (Wildman–Crippen MR) is 104 cm³/mol. The molecule has 0 bridgehead atoms. The Bertz CT molecular complexity index is 1100. The highest BCUT2D eigenvalue weighted by atomic mass is 32.2. The maximum atomic E-state index is 12.9. The van der Waals surface area contributed by atoms with Gasteiger partial charge in [-0.1, -0.05) is 48.2 Å². The van der Waals surface area contributed by atoms with E-state index in [0.29, 0.717) is 10.9 Å². The van der Waals surface area contributed by atoms with Crippen LogP contribution in [0.2, 0.25) is 0 Å². The molecule has 0 unspecified atom stereocenters. The number of nitrogens with zero attached hydrogens (tertiary/aromatic N) is 3. The number of aromatic amines is 1. The van der Waals surface area contributed by atoms with Gasteiger partial charge in [0.25, 0.3) is 0 Å².